The lowest BCUT2D eigenvalue weighted by Crippen LogP contribution is -2.40. The molecule has 35 heavy (non-hydrogen) atoms. The van der Waals surface area contributed by atoms with Gasteiger partial charge in [0.05, 0.1) is 35.5 Å². The number of nitrogens with one attached hydrogen (secondary N) is 1. The number of hydrogen-bond donors (Lipinski definition) is 1. The van der Waals surface area contributed by atoms with Gasteiger partial charge in [-0.05, 0) is 56.3 Å². The van der Waals surface area contributed by atoms with Gasteiger partial charge in [0, 0.05) is 5.56 Å². The first kappa shape index (κ1) is 26.1. The molecule has 0 aromatic heterocycles. The van der Waals surface area contributed by atoms with E-state index in [1.54, 1.807) is 61.5 Å². The van der Waals surface area contributed by atoms with Crippen LogP contribution >= 0.6 is 11.6 Å². The van der Waals surface area contributed by atoms with Gasteiger partial charge in [-0.15, -0.1) is 0 Å². The summed E-state index contributed by atoms with van der Waals surface area (Å²) in [6.07, 6.45) is 0. The minimum Gasteiger partial charge on any atom is -0.493 e. The molecule has 0 aliphatic carbocycles. The molecule has 0 fully saturated rings. The molecule has 1 N–H and O–H groups in total. The number of methoxy groups -OCH3 is 2. The van der Waals surface area contributed by atoms with Gasteiger partial charge in [0.2, 0.25) is 0 Å². The fraction of sp³-hybridized carbons (Fsp3) is 0.200. The third kappa shape index (κ3) is 6.12. The average molecular weight is 516 g/mol. The Morgan fingerprint density at radius 2 is 1.66 bits per heavy atom. The van der Waals surface area contributed by atoms with E-state index in [1.165, 1.54) is 26.4 Å². The number of hydrogen-bond acceptors (Lipinski definition) is 6. The van der Waals surface area contributed by atoms with Crippen LogP contribution in [0, 0.1) is 6.92 Å². The van der Waals surface area contributed by atoms with Crippen LogP contribution in [0.3, 0.4) is 0 Å². The highest BCUT2D eigenvalue weighted by Gasteiger charge is 2.28. The van der Waals surface area contributed by atoms with Crippen LogP contribution in [0.2, 0.25) is 5.02 Å². The lowest BCUT2D eigenvalue weighted by atomic mass is 10.1. The van der Waals surface area contributed by atoms with Crippen molar-refractivity contribution in [1.29, 1.82) is 0 Å². The van der Waals surface area contributed by atoms with Gasteiger partial charge in [0.1, 0.15) is 6.54 Å². The summed E-state index contributed by atoms with van der Waals surface area (Å²) in [7, 11) is -1.03. The molecule has 0 bridgehead atoms. The zero-order valence-electron chi connectivity index (χ0n) is 19.8. The third-order valence-corrected chi connectivity index (χ3v) is 7.26. The molecule has 0 aliphatic heterocycles. The minimum absolute atomic E-state index is 0.0424. The molecule has 0 spiro atoms. The number of rotatable bonds is 9. The number of carbonyl (C=O) groups excluding carboxylic acids is 1. The van der Waals surface area contributed by atoms with Crippen LogP contribution in [0.1, 0.15) is 18.1 Å². The van der Waals surface area contributed by atoms with Crippen LogP contribution in [-0.4, -0.2) is 40.8 Å². The molecule has 0 atom stereocenters. The molecule has 0 saturated carbocycles. The van der Waals surface area contributed by atoms with Gasteiger partial charge in [0.15, 0.2) is 11.5 Å². The van der Waals surface area contributed by atoms with Crippen molar-refractivity contribution in [2.45, 2.75) is 18.7 Å². The van der Waals surface area contributed by atoms with Crippen LogP contribution in [0.15, 0.2) is 76.7 Å². The number of carbonyl (C=O) groups is 1. The molecule has 0 aliphatic rings. The highest BCUT2D eigenvalue weighted by molar-refractivity contribution is 7.92. The second kappa shape index (κ2) is 11.2. The number of hydrazone groups is 1. The number of anilines is 1. The van der Waals surface area contributed by atoms with Crippen molar-refractivity contribution in [2.75, 3.05) is 25.1 Å². The van der Waals surface area contributed by atoms with Gasteiger partial charge in [-0.2, -0.15) is 5.10 Å². The van der Waals surface area contributed by atoms with E-state index in [2.05, 4.69) is 10.5 Å². The molecule has 8 nitrogen and oxygen atoms in total. The Balaban J connectivity index is 1.87. The Bertz CT molecular complexity index is 1340. The summed E-state index contributed by atoms with van der Waals surface area (Å²) >= 11 is 6.29. The molecule has 3 rings (SSSR count). The third-order valence-electron chi connectivity index (χ3n) is 5.17. The first-order valence-corrected chi connectivity index (χ1v) is 12.4. The first-order valence-electron chi connectivity index (χ1n) is 10.6. The van der Waals surface area contributed by atoms with E-state index in [0.29, 0.717) is 22.8 Å². The topological polar surface area (TPSA) is 97.3 Å². The average Bonchev–Trinajstić information content (AvgIpc) is 2.86. The number of aryl methyl sites for hydroxylation is 1. The predicted octanol–water partition coefficient (Wildman–Crippen LogP) is 4.40. The summed E-state index contributed by atoms with van der Waals surface area (Å²) in [6, 6.07) is 18.0. The van der Waals surface area contributed by atoms with E-state index < -0.39 is 22.5 Å². The van der Waals surface area contributed by atoms with Gasteiger partial charge in [-0.1, -0.05) is 41.4 Å². The fourth-order valence-corrected chi connectivity index (χ4v) is 4.96. The largest absolute Gasteiger partial charge is 0.493 e. The maximum absolute atomic E-state index is 13.4. The highest BCUT2D eigenvalue weighted by atomic mass is 35.5. The van der Waals surface area contributed by atoms with E-state index >= 15 is 0 Å². The number of halogens is 1. The van der Waals surface area contributed by atoms with E-state index in [-0.39, 0.29) is 15.6 Å². The normalized spacial score (nSPS) is 11.6. The highest BCUT2D eigenvalue weighted by Crippen LogP contribution is 2.30. The standard InChI is InChI=1S/C25H26ClN3O5S/c1-17-9-12-20(13-10-17)35(31,32)29(22-8-6-5-7-21(22)26)16-25(30)28-27-18(2)19-11-14-23(33-3)24(15-19)34-4/h5-15H,16H2,1-4H3,(H,28,30)/b27-18-. The quantitative estimate of drug-likeness (QED) is 0.336. The summed E-state index contributed by atoms with van der Waals surface area (Å²) in [5.41, 5.74) is 4.70. The molecule has 3 aromatic carbocycles. The van der Waals surface area contributed by atoms with Crippen molar-refractivity contribution in [1.82, 2.24) is 5.43 Å². The number of para-hydroxylation sites is 1. The molecule has 0 unspecified atom stereocenters. The number of ether oxygens (including phenoxy) is 2. The van der Waals surface area contributed by atoms with Crippen LogP contribution in [-0.2, 0) is 14.8 Å². The van der Waals surface area contributed by atoms with Crippen molar-refractivity contribution in [3.63, 3.8) is 0 Å². The summed E-state index contributed by atoms with van der Waals surface area (Å²) in [5.74, 6) is 0.435. The van der Waals surface area contributed by atoms with E-state index in [0.717, 1.165) is 9.87 Å². The van der Waals surface area contributed by atoms with E-state index in [1.807, 2.05) is 6.92 Å². The lowest BCUT2D eigenvalue weighted by Gasteiger charge is -2.24. The predicted molar refractivity (Wildman–Crippen MR) is 137 cm³/mol. The fourth-order valence-electron chi connectivity index (χ4n) is 3.23. The van der Waals surface area contributed by atoms with Gasteiger partial charge < -0.3 is 9.47 Å². The van der Waals surface area contributed by atoms with E-state index in [9.17, 15) is 13.2 Å². The van der Waals surface area contributed by atoms with Crippen LogP contribution < -0.4 is 19.2 Å². The molecule has 1 amide bonds. The summed E-state index contributed by atoms with van der Waals surface area (Å²) in [5, 5.41) is 4.32. The molecular weight excluding hydrogens is 490 g/mol. The van der Waals surface area contributed by atoms with Crippen LogP contribution in [0.25, 0.3) is 0 Å². The maximum Gasteiger partial charge on any atom is 0.264 e. The summed E-state index contributed by atoms with van der Waals surface area (Å²) in [4.78, 5) is 12.9. The molecule has 0 saturated heterocycles. The number of benzene rings is 3. The maximum atomic E-state index is 13.4. The first-order chi connectivity index (χ1) is 16.7. The molecule has 0 heterocycles. The monoisotopic (exact) mass is 515 g/mol. The Morgan fingerprint density at radius 3 is 2.29 bits per heavy atom. The van der Waals surface area contributed by atoms with Crippen molar-refractivity contribution in [3.8, 4) is 11.5 Å². The lowest BCUT2D eigenvalue weighted by molar-refractivity contribution is -0.119. The SMILES string of the molecule is COc1ccc(/C(C)=N\NC(=O)CN(c2ccccc2Cl)S(=O)(=O)c2ccc(C)cc2)cc1OC. The summed E-state index contributed by atoms with van der Waals surface area (Å²) in [6.45, 7) is 3.04. The Kier molecular flexibility index (Phi) is 8.37. The second-order valence-electron chi connectivity index (χ2n) is 7.58. The molecule has 10 heteroatoms. The van der Waals surface area contributed by atoms with Crippen LogP contribution in [0.4, 0.5) is 5.69 Å². The second-order valence-corrected chi connectivity index (χ2v) is 9.85. The van der Waals surface area contributed by atoms with Gasteiger partial charge in [-0.3, -0.25) is 9.10 Å². The summed E-state index contributed by atoms with van der Waals surface area (Å²) < 4.78 is 38.4. The molecule has 3 aromatic rings. The number of nitrogens with zero attached hydrogens (tertiary/aromatic N) is 2. The van der Waals surface area contributed by atoms with Gasteiger partial charge in [0.25, 0.3) is 15.9 Å². The molecule has 184 valence electrons. The van der Waals surface area contributed by atoms with E-state index in [4.69, 9.17) is 21.1 Å². The van der Waals surface area contributed by atoms with Gasteiger partial charge >= 0.3 is 0 Å². The zero-order valence-corrected chi connectivity index (χ0v) is 21.4. The Labute approximate surface area is 210 Å². The minimum atomic E-state index is -4.09. The van der Waals surface area contributed by atoms with Crippen molar-refractivity contribution in [3.05, 3.63) is 82.9 Å². The zero-order chi connectivity index (χ0) is 25.6. The van der Waals surface area contributed by atoms with Crippen LogP contribution in [0.5, 0.6) is 11.5 Å². The van der Waals surface area contributed by atoms with Crippen molar-refractivity contribution in [2.24, 2.45) is 5.10 Å². The number of amides is 1. The molecular formula is C25H26ClN3O5S. The number of sulfonamides is 1. The van der Waals surface area contributed by atoms with Crippen molar-refractivity contribution < 1.29 is 22.7 Å². The van der Waals surface area contributed by atoms with Gasteiger partial charge in [-0.25, -0.2) is 13.8 Å². The van der Waals surface area contributed by atoms with Crippen molar-refractivity contribution >= 4 is 38.9 Å². The smallest absolute Gasteiger partial charge is 0.264 e. The molecule has 0 radical (unpaired) electrons. The Morgan fingerprint density at radius 1 is 1.00 bits per heavy atom. The Hall–Kier alpha value is -3.56.